The molecule has 2 aliphatic heterocycles. The van der Waals surface area contributed by atoms with Gasteiger partial charge < -0.3 is 25.0 Å². The predicted molar refractivity (Wildman–Crippen MR) is 92.1 cm³/mol. The Hall–Kier alpha value is -2.77. The fourth-order valence-corrected chi connectivity index (χ4v) is 3.15. The van der Waals surface area contributed by atoms with Gasteiger partial charge in [0, 0.05) is 30.8 Å². The highest BCUT2D eigenvalue weighted by Gasteiger charge is 2.35. The lowest BCUT2D eigenvalue weighted by molar-refractivity contribution is -0.129. The molecule has 0 bridgehead atoms. The SMILES string of the molecule is O=C(CNC(=O)[C@H]1CC(=O)N(c2ccc3c(c2)OCCO3)C1)NC1CC1. The van der Waals surface area contributed by atoms with Gasteiger partial charge in [0.05, 0.1) is 12.5 Å². The Labute approximate surface area is 150 Å². The van der Waals surface area contributed by atoms with Gasteiger partial charge >= 0.3 is 0 Å². The molecule has 8 nitrogen and oxygen atoms in total. The topological polar surface area (TPSA) is 97.0 Å². The number of nitrogens with one attached hydrogen (secondary N) is 2. The molecule has 0 radical (unpaired) electrons. The number of amides is 3. The minimum Gasteiger partial charge on any atom is -0.486 e. The number of ether oxygens (including phenoxy) is 2. The van der Waals surface area contributed by atoms with E-state index in [9.17, 15) is 14.4 Å². The van der Waals surface area contributed by atoms with E-state index in [4.69, 9.17) is 9.47 Å². The van der Waals surface area contributed by atoms with E-state index >= 15 is 0 Å². The molecule has 1 saturated heterocycles. The number of anilines is 1. The molecule has 0 aromatic heterocycles. The molecule has 1 atom stereocenters. The van der Waals surface area contributed by atoms with E-state index in [1.54, 1.807) is 23.1 Å². The van der Waals surface area contributed by atoms with Gasteiger partial charge in [-0.15, -0.1) is 0 Å². The van der Waals surface area contributed by atoms with Crippen molar-refractivity contribution < 1.29 is 23.9 Å². The van der Waals surface area contributed by atoms with E-state index in [0.29, 0.717) is 30.4 Å². The van der Waals surface area contributed by atoms with Crippen LogP contribution in [0.4, 0.5) is 5.69 Å². The standard InChI is InChI=1S/C18H21N3O5/c22-16(20-12-1-2-12)9-19-18(24)11-7-17(23)21(10-11)13-3-4-14-15(8-13)26-6-5-25-14/h3-4,8,11-12H,1-2,5-7,9-10H2,(H,19,24)(H,20,22)/t11-/m0/s1. The molecule has 0 unspecified atom stereocenters. The third kappa shape index (κ3) is 3.58. The summed E-state index contributed by atoms with van der Waals surface area (Å²) in [7, 11) is 0. The molecule has 1 aromatic rings. The number of hydrogen-bond acceptors (Lipinski definition) is 5. The number of nitrogens with zero attached hydrogens (tertiary/aromatic N) is 1. The van der Waals surface area contributed by atoms with Gasteiger partial charge in [0.25, 0.3) is 0 Å². The second kappa shape index (κ2) is 6.86. The summed E-state index contributed by atoms with van der Waals surface area (Å²) in [6.45, 7) is 1.21. The predicted octanol–water partition coefficient (Wildman–Crippen LogP) is 0.206. The van der Waals surface area contributed by atoms with Crippen LogP contribution in [-0.4, -0.2) is 50.1 Å². The molecular formula is C18H21N3O5. The lowest BCUT2D eigenvalue weighted by Gasteiger charge is -2.22. The van der Waals surface area contributed by atoms with Crippen molar-refractivity contribution in [3.8, 4) is 11.5 Å². The van der Waals surface area contributed by atoms with Crippen LogP contribution in [0.3, 0.4) is 0 Å². The molecule has 2 N–H and O–H groups in total. The van der Waals surface area contributed by atoms with Crippen molar-refractivity contribution in [3.63, 3.8) is 0 Å². The van der Waals surface area contributed by atoms with Crippen molar-refractivity contribution in [2.24, 2.45) is 5.92 Å². The molecule has 138 valence electrons. The van der Waals surface area contributed by atoms with Crippen molar-refractivity contribution in [2.45, 2.75) is 25.3 Å². The number of carbonyl (C=O) groups is 3. The van der Waals surface area contributed by atoms with Gasteiger partial charge in [0.15, 0.2) is 11.5 Å². The summed E-state index contributed by atoms with van der Waals surface area (Å²) in [5, 5.41) is 5.44. The quantitative estimate of drug-likeness (QED) is 0.783. The van der Waals surface area contributed by atoms with E-state index in [2.05, 4.69) is 10.6 Å². The average Bonchev–Trinajstić information content (AvgIpc) is 3.38. The third-order valence-electron chi connectivity index (χ3n) is 4.70. The van der Waals surface area contributed by atoms with Crippen molar-refractivity contribution in [1.82, 2.24) is 10.6 Å². The van der Waals surface area contributed by atoms with Gasteiger partial charge in [0.2, 0.25) is 17.7 Å². The van der Waals surface area contributed by atoms with Crippen molar-refractivity contribution >= 4 is 23.4 Å². The van der Waals surface area contributed by atoms with Crippen LogP contribution < -0.4 is 25.0 Å². The summed E-state index contributed by atoms with van der Waals surface area (Å²) in [6, 6.07) is 5.58. The smallest absolute Gasteiger partial charge is 0.239 e. The fraction of sp³-hybridized carbons (Fsp3) is 0.500. The second-order valence-corrected chi connectivity index (χ2v) is 6.79. The Kier molecular flexibility index (Phi) is 4.40. The van der Waals surface area contributed by atoms with Gasteiger partial charge in [-0.2, -0.15) is 0 Å². The molecule has 3 amide bonds. The normalized spacial score (nSPS) is 21.5. The molecule has 2 heterocycles. The Morgan fingerprint density at radius 2 is 1.92 bits per heavy atom. The molecule has 1 aliphatic carbocycles. The van der Waals surface area contributed by atoms with Crippen LogP contribution in [0.1, 0.15) is 19.3 Å². The third-order valence-corrected chi connectivity index (χ3v) is 4.70. The Bertz CT molecular complexity index is 746. The highest BCUT2D eigenvalue weighted by Crippen LogP contribution is 2.35. The minimum absolute atomic E-state index is 0.0515. The Morgan fingerprint density at radius 1 is 1.15 bits per heavy atom. The number of carbonyl (C=O) groups excluding carboxylic acids is 3. The molecule has 1 saturated carbocycles. The molecule has 3 aliphatic rings. The van der Waals surface area contributed by atoms with Crippen LogP contribution in [0.25, 0.3) is 0 Å². The van der Waals surface area contributed by atoms with Crippen LogP contribution in [0.5, 0.6) is 11.5 Å². The Morgan fingerprint density at radius 3 is 2.69 bits per heavy atom. The van der Waals surface area contributed by atoms with E-state index in [0.717, 1.165) is 12.8 Å². The largest absolute Gasteiger partial charge is 0.486 e. The first-order valence-electron chi connectivity index (χ1n) is 8.87. The molecule has 26 heavy (non-hydrogen) atoms. The monoisotopic (exact) mass is 359 g/mol. The highest BCUT2D eigenvalue weighted by molar-refractivity contribution is 6.01. The number of benzene rings is 1. The first-order chi connectivity index (χ1) is 12.6. The van der Waals surface area contributed by atoms with Crippen molar-refractivity contribution in [2.75, 3.05) is 31.2 Å². The molecule has 0 spiro atoms. The molecule has 1 aromatic carbocycles. The summed E-state index contributed by atoms with van der Waals surface area (Å²) in [6.07, 6.45) is 2.13. The maximum Gasteiger partial charge on any atom is 0.239 e. The zero-order valence-corrected chi connectivity index (χ0v) is 14.3. The number of fused-ring (bicyclic) bond motifs is 1. The lowest BCUT2D eigenvalue weighted by atomic mass is 10.1. The van der Waals surface area contributed by atoms with E-state index in [-0.39, 0.29) is 43.3 Å². The second-order valence-electron chi connectivity index (χ2n) is 6.79. The van der Waals surface area contributed by atoms with Gasteiger partial charge in [0.1, 0.15) is 13.2 Å². The summed E-state index contributed by atoms with van der Waals surface area (Å²) < 4.78 is 11.0. The summed E-state index contributed by atoms with van der Waals surface area (Å²) in [5.74, 6) is 0.209. The van der Waals surface area contributed by atoms with E-state index in [1.807, 2.05) is 0 Å². The van der Waals surface area contributed by atoms with Gasteiger partial charge in [-0.25, -0.2) is 0 Å². The number of hydrogen-bond donors (Lipinski definition) is 2. The lowest BCUT2D eigenvalue weighted by Crippen LogP contribution is -2.40. The number of rotatable bonds is 5. The van der Waals surface area contributed by atoms with Crippen molar-refractivity contribution in [1.29, 1.82) is 0 Å². The van der Waals surface area contributed by atoms with Crippen LogP contribution in [0, 0.1) is 5.92 Å². The van der Waals surface area contributed by atoms with Gasteiger partial charge in [-0.3, -0.25) is 14.4 Å². The maximum absolute atomic E-state index is 12.3. The van der Waals surface area contributed by atoms with Gasteiger partial charge in [-0.05, 0) is 25.0 Å². The average molecular weight is 359 g/mol. The Balaban J connectivity index is 1.35. The molecular weight excluding hydrogens is 338 g/mol. The van der Waals surface area contributed by atoms with E-state index < -0.39 is 5.92 Å². The van der Waals surface area contributed by atoms with Crippen LogP contribution >= 0.6 is 0 Å². The van der Waals surface area contributed by atoms with Crippen molar-refractivity contribution in [3.05, 3.63) is 18.2 Å². The van der Waals surface area contributed by atoms with Crippen LogP contribution in [0.15, 0.2) is 18.2 Å². The maximum atomic E-state index is 12.3. The summed E-state index contributed by atoms with van der Waals surface area (Å²) >= 11 is 0. The van der Waals surface area contributed by atoms with E-state index in [1.165, 1.54) is 0 Å². The van der Waals surface area contributed by atoms with Gasteiger partial charge in [-0.1, -0.05) is 0 Å². The minimum atomic E-state index is -0.468. The molecule has 4 rings (SSSR count). The zero-order valence-electron chi connectivity index (χ0n) is 14.3. The molecule has 2 fully saturated rings. The summed E-state index contributed by atoms with van der Waals surface area (Å²) in [4.78, 5) is 37.9. The first-order valence-corrected chi connectivity index (χ1v) is 8.87. The fourth-order valence-electron chi connectivity index (χ4n) is 3.15. The highest BCUT2D eigenvalue weighted by atomic mass is 16.6. The van der Waals surface area contributed by atoms with Crippen LogP contribution in [0.2, 0.25) is 0 Å². The zero-order chi connectivity index (χ0) is 18.1. The molecule has 8 heteroatoms. The van der Waals surface area contributed by atoms with Crippen LogP contribution in [-0.2, 0) is 14.4 Å². The first kappa shape index (κ1) is 16.7. The summed E-state index contributed by atoms with van der Waals surface area (Å²) in [5.41, 5.74) is 0.682.